The minimum atomic E-state index is -4.60. The highest BCUT2D eigenvalue weighted by Crippen LogP contribution is 2.40. The van der Waals surface area contributed by atoms with Crippen LogP contribution < -0.4 is 18.5 Å². The van der Waals surface area contributed by atoms with Crippen LogP contribution in [0.1, 0.15) is 104 Å². The standard InChI is InChI=1S/C41H58FN5O8S2/c1-29(38(48)31-25-24-30(42)28-35(31)56(8,49)50)57(51,52)46(27-17-15-13-11-9-10-12-14-16-26-41(2,3)4)40-45-44-39(32-20-18-23-36(43-32)55-7)47(40)37-33(53-5)21-19-22-34(37)54-6/h18-25,28-29,38,48H,9-17,26-27H2,1-8H3/t29-,38+/m0/s1. The van der Waals surface area contributed by atoms with Crippen molar-refractivity contribution in [2.75, 3.05) is 38.4 Å². The number of halogens is 1. The summed E-state index contributed by atoms with van der Waals surface area (Å²) < 4.78 is 89.0. The molecule has 0 unspecified atom stereocenters. The van der Waals surface area contributed by atoms with E-state index >= 15 is 0 Å². The molecule has 16 heteroatoms. The number of aliphatic hydroxyl groups is 1. The number of aliphatic hydroxyl groups excluding tert-OH is 1. The lowest BCUT2D eigenvalue weighted by atomic mass is 9.89. The van der Waals surface area contributed by atoms with Crippen molar-refractivity contribution in [3.8, 4) is 34.6 Å². The van der Waals surface area contributed by atoms with E-state index in [2.05, 4.69) is 36.0 Å². The highest BCUT2D eigenvalue weighted by atomic mass is 32.2. The van der Waals surface area contributed by atoms with E-state index in [-0.39, 0.29) is 35.4 Å². The van der Waals surface area contributed by atoms with E-state index in [1.165, 1.54) is 58.5 Å². The van der Waals surface area contributed by atoms with Gasteiger partial charge < -0.3 is 19.3 Å². The maximum Gasteiger partial charge on any atom is 0.246 e. The predicted molar refractivity (Wildman–Crippen MR) is 220 cm³/mol. The smallest absolute Gasteiger partial charge is 0.246 e. The third-order valence-electron chi connectivity index (χ3n) is 9.86. The number of methoxy groups -OCH3 is 3. The zero-order valence-electron chi connectivity index (χ0n) is 34.4. The molecule has 4 aromatic rings. The van der Waals surface area contributed by atoms with E-state index in [0.29, 0.717) is 35.4 Å². The number of ether oxygens (including phenoxy) is 3. The number of hydrogen-bond acceptors (Lipinski definition) is 11. The molecule has 0 amide bonds. The topological polar surface area (TPSA) is 163 Å². The van der Waals surface area contributed by atoms with Gasteiger partial charge in [-0.3, -0.25) is 4.57 Å². The lowest BCUT2D eigenvalue weighted by molar-refractivity contribution is 0.172. The van der Waals surface area contributed by atoms with Gasteiger partial charge in [-0.25, -0.2) is 30.5 Å². The fourth-order valence-corrected chi connectivity index (χ4v) is 9.24. The summed E-state index contributed by atoms with van der Waals surface area (Å²) in [5, 5.41) is 18.9. The van der Waals surface area contributed by atoms with E-state index in [1.807, 2.05) is 0 Å². The lowest BCUT2D eigenvalue weighted by Gasteiger charge is -2.30. The Morgan fingerprint density at radius 3 is 1.95 bits per heavy atom. The number of sulfonamides is 1. The summed E-state index contributed by atoms with van der Waals surface area (Å²) in [6.07, 6.45) is 9.07. The van der Waals surface area contributed by atoms with Gasteiger partial charge in [-0.2, -0.15) is 0 Å². The van der Waals surface area contributed by atoms with Crippen LogP contribution in [-0.2, 0) is 19.9 Å². The molecule has 13 nitrogen and oxygen atoms in total. The molecular formula is C41H58FN5O8S2. The van der Waals surface area contributed by atoms with Gasteiger partial charge in [0.15, 0.2) is 15.7 Å². The number of rotatable bonds is 22. The molecule has 0 aliphatic rings. The summed E-state index contributed by atoms with van der Waals surface area (Å²) in [4.78, 5) is 4.04. The molecule has 4 rings (SSSR count). The van der Waals surface area contributed by atoms with Crippen LogP contribution in [0.25, 0.3) is 17.2 Å². The molecule has 0 bridgehead atoms. The zero-order chi connectivity index (χ0) is 42.0. The average molecular weight is 832 g/mol. The summed E-state index contributed by atoms with van der Waals surface area (Å²) in [6.45, 7) is 8.00. The normalized spacial score (nSPS) is 13.3. The number of anilines is 1. The third kappa shape index (κ3) is 11.7. The highest BCUT2D eigenvalue weighted by molar-refractivity contribution is 7.93. The Morgan fingerprint density at radius 2 is 1.39 bits per heavy atom. The Bertz CT molecular complexity index is 2130. The fraction of sp³-hybridized carbons (Fsp3) is 0.537. The molecule has 2 heterocycles. The average Bonchev–Trinajstić information content (AvgIpc) is 3.60. The number of para-hydroxylation sites is 1. The highest BCUT2D eigenvalue weighted by Gasteiger charge is 2.40. The number of pyridine rings is 1. The predicted octanol–water partition coefficient (Wildman–Crippen LogP) is 8.10. The fourth-order valence-electron chi connectivity index (χ4n) is 6.69. The van der Waals surface area contributed by atoms with Gasteiger partial charge in [0.25, 0.3) is 0 Å². The summed E-state index contributed by atoms with van der Waals surface area (Å²) in [7, 11) is -4.26. The molecular weight excluding hydrogens is 774 g/mol. The first-order chi connectivity index (χ1) is 26.9. The van der Waals surface area contributed by atoms with E-state index in [0.717, 1.165) is 54.4 Å². The Morgan fingerprint density at radius 1 is 0.807 bits per heavy atom. The first-order valence-corrected chi connectivity index (χ1v) is 22.7. The van der Waals surface area contributed by atoms with Crippen LogP contribution in [0.15, 0.2) is 59.5 Å². The number of unbranched alkanes of at least 4 members (excludes halogenated alkanes) is 8. The molecule has 0 saturated heterocycles. The quantitative estimate of drug-likeness (QED) is 0.0762. The van der Waals surface area contributed by atoms with Gasteiger partial charge in [-0.1, -0.05) is 90.3 Å². The molecule has 0 radical (unpaired) electrons. The number of sulfone groups is 1. The van der Waals surface area contributed by atoms with Gasteiger partial charge in [0.1, 0.15) is 33.9 Å². The van der Waals surface area contributed by atoms with Crippen LogP contribution in [-0.4, -0.2) is 81.1 Å². The Hall–Kier alpha value is -4.28. The number of hydrogen-bond donors (Lipinski definition) is 1. The van der Waals surface area contributed by atoms with E-state index in [9.17, 15) is 26.3 Å². The number of aromatic nitrogens is 4. The molecule has 1 N–H and O–H groups in total. The molecule has 0 fully saturated rings. The van der Waals surface area contributed by atoms with E-state index < -0.39 is 41.9 Å². The molecule has 2 aromatic carbocycles. The van der Waals surface area contributed by atoms with Gasteiger partial charge in [-0.15, -0.1) is 10.2 Å². The van der Waals surface area contributed by atoms with Crippen molar-refractivity contribution >= 4 is 25.8 Å². The second-order valence-corrected chi connectivity index (χ2v) is 19.6. The lowest BCUT2D eigenvalue weighted by Crippen LogP contribution is -2.42. The van der Waals surface area contributed by atoms with Gasteiger partial charge in [0, 0.05) is 24.4 Å². The zero-order valence-corrected chi connectivity index (χ0v) is 36.0. The molecule has 57 heavy (non-hydrogen) atoms. The maximum atomic E-state index is 14.9. The van der Waals surface area contributed by atoms with Gasteiger partial charge in [0.2, 0.25) is 21.9 Å². The van der Waals surface area contributed by atoms with Crippen molar-refractivity contribution in [2.24, 2.45) is 5.41 Å². The summed E-state index contributed by atoms with van der Waals surface area (Å²) in [6, 6.07) is 13.0. The largest absolute Gasteiger partial charge is 0.494 e. The summed E-state index contributed by atoms with van der Waals surface area (Å²) >= 11 is 0. The van der Waals surface area contributed by atoms with Gasteiger partial charge in [0.05, 0.1) is 32.3 Å². The van der Waals surface area contributed by atoms with E-state index in [1.54, 1.807) is 36.4 Å². The molecule has 2 aromatic heterocycles. The van der Waals surface area contributed by atoms with Gasteiger partial charge >= 0.3 is 0 Å². The first-order valence-electron chi connectivity index (χ1n) is 19.3. The first kappa shape index (κ1) is 45.4. The number of nitrogens with zero attached hydrogens (tertiary/aromatic N) is 5. The molecule has 0 spiro atoms. The van der Waals surface area contributed by atoms with Crippen molar-refractivity contribution in [3.63, 3.8) is 0 Å². The van der Waals surface area contributed by atoms with Crippen LogP contribution in [0.2, 0.25) is 0 Å². The van der Waals surface area contributed by atoms with Crippen molar-refractivity contribution in [1.29, 1.82) is 0 Å². The summed E-state index contributed by atoms with van der Waals surface area (Å²) in [5.41, 5.74) is 0.685. The SMILES string of the molecule is COc1cccc(-c2nnc(N(CCCCCCCCCCCC(C)(C)C)S(=O)(=O)[C@@H](C)[C@@H](O)c3ccc(F)cc3S(C)(=O)=O)n2-c2c(OC)cccc2OC)n1. The Balaban J connectivity index is 1.76. The Kier molecular flexibility index (Phi) is 15.9. The molecule has 314 valence electrons. The number of benzene rings is 2. The molecule has 0 aliphatic carbocycles. The molecule has 2 atom stereocenters. The maximum absolute atomic E-state index is 14.9. The van der Waals surface area contributed by atoms with Gasteiger partial charge in [-0.05, 0) is 55.5 Å². The van der Waals surface area contributed by atoms with Crippen LogP contribution in [0.3, 0.4) is 0 Å². The Labute approximate surface area is 337 Å². The van der Waals surface area contributed by atoms with Crippen LogP contribution in [0, 0.1) is 11.2 Å². The second kappa shape index (κ2) is 19.9. The van der Waals surface area contributed by atoms with Crippen LogP contribution in [0.5, 0.6) is 17.4 Å². The monoisotopic (exact) mass is 831 g/mol. The minimum absolute atomic E-state index is 0.0598. The van der Waals surface area contributed by atoms with Crippen molar-refractivity contribution in [1.82, 2.24) is 19.7 Å². The van der Waals surface area contributed by atoms with Crippen LogP contribution in [0.4, 0.5) is 10.3 Å². The minimum Gasteiger partial charge on any atom is -0.494 e. The van der Waals surface area contributed by atoms with Crippen molar-refractivity contribution < 1.29 is 40.5 Å². The summed E-state index contributed by atoms with van der Waals surface area (Å²) in [5.74, 6) is 0.0546. The van der Waals surface area contributed by atoms with E-state index in [4.69, 9.17) is 14.2 Å². The van der Waals surface area contributed by atoms with Crippen LogP contribution >= 0.6 is 0 Å². The van der Waals surface area contributed by atoms with Crippen molar-refractivity contribution in [2.45, 2.75) is 108 Å². The van der Waals surface area contributed by atoms with Crippen molar-refractivity contribution in [3.05, 3.63) is 66.0 Å². The molecule has 0 saturated carbocycles. The second-order valence-electron chi connectivity index (χ2n) is 15.4. The molecule has 0 aliphatic heterocycles. The third-order valence-corrected chi connectivity index (χ3v) is 13.2.